The summed E-state index contributed by atoms with van der Waals surface area (Å²) in [5, 5.41) is 17.2. The highest BCUT2D eigenvalue weighted by molar-refractivity contribution is 9.10. The molecule has 0 radical (unpaired) electrons. The molecule has 202 valence electrons. The highest BCUT2D eigenvalue weighted by Gasteiger charge is 2.21. The van der Waals surface area contributed by atoms with E-state index in [1.54, 1.807) is 50.2 Å². The number of carbonyl (C=O) groups excluding carboxylic acids is 1. The molecule has 0 atom stereocenters. The number of hydrogen-bond acceptors (Lipinski definition) is 9. The number of aromatic nitrogens is 2. The van der Waals surface area contributed by atoms with Gasteiger partial charge in [-0.25, -0.2) is 9.78 Å². The van der Waals surface area contributed by atoms with Crippen LogP contribution in [0, 0.1) is 10.1 Å². The van der Waals surface area contributed by atoms with Crippen LogP contribution in [0.4, 0.5) is 5.69 Å². The average molecular weight is 605 g/mol. The molecule has 0 bridgehead atoms. The van der Waals surface area contributed by atoms with Crippen LogP contribution in [0.25, 0.3) is 33.5 Å². The molecular formula is C28H21BrN4O7. The standard InChI is InChI=1S/C28H21BrN4O7/c1-16(2)39-25(34)15-38-26-17(6-5-9-22(26)33(36)37)14-30-32-27(31-21-8-4-3-7-20(21)28(32)35)24-13-18-12-19(29)10-11-23(18)40-24/h3-14,16H,15H2,1-2H3. The molecule has 0 fully saturated rings. The van der Waals surface area contributed by atoms with Gasteiger partial charge in [0.05, 0.1) is 28.1 Å². The van der Waals surface area contributed by atoms with E-state index in [4.69, 9.17) is 13.9 Å². The van der Waals surface area contributed by atoms with Crippen LogP contribution in [0.2, 0.25) is 0 Å². The first-order valence-corrected chi connectivity index (χ1v) is 12.9. The van der Waals surface area contributed by atoms with Crippen LogP contribution in [0.5, 0.6) is 5.75 Å². The van der Waals surface area contributed by atoms with E-state index in [-0.39, 0.29) is 28.9 Å². The molecule has 12 heteroatoms. The zero-order chi connectivity index (χ0) is 28.4. The number of nitrogens with zero attached hydrogens (tertiary/aromatic N) is 4. The third kappa shape index (κ3) is 5.47. The molecule has 3 aromatic carbocycles. The predicted molar refractivity (Wildman–Crippen MR) is 152 cm³/mol. The van der Waals surface area contributed by atoms with Gasteiger partial charge >= 0.3 is 11.7 Å². The number of hydrogen-bond donors (Lipinski definition) is 0. The second kappa shape index (κ2) is 11.1. The zero-order valence-electron chi connectivity index (χ0n) is 21.2. The highest BCUT2D eigenvalue weighted by Crippen LogP contribution is 2.31. The van der Waals surface area contributed by atoms with E-state index < -0.39 is 23.1 Å². The summed E-state index contributed by atoms with van der Waals surface area (Å²) >= 11 is 3.44. The Morgan fingerprint density at radius 2 is 1.98 bits per heavy atom. The van der Waals surface area contributed by atoms with Crippen LogP contribution < -0.4 is 10.3 Å². The molecule has 0 aliphatic heterocycles. The van der Waals surface area contributed by atoms with Crippen molar-refractivity contribution in [2.24, 2.45) is 5.10 Å². The van der Waals surface area contributed by atoms with Crippen molar-refractivity contribution in [1.82, 2.24) is 9.66 Å². The lowest BCUT2D eigenvalue weighted by atomic mass is 10.2. The number of para-hydroxylation sites is 2. The van der Waals surface area contributed by atoms with Crippen LogP contribution in [-0.4, -0.2) is 39.5 Å². The fraction of sp³-hybridized carbons (Fsp3) is 0.143. The lowest BCUT2D eigenvalue weighted by Crippen LogP contribution is -2.21. The van der Waals surface area contributed by atoms with Gasteiger partial charge in [-0.3, -0.25) is 14.9 Å². The summed E-state index contributed by atoms with van der Waals surface area (Å²) in [5.41, 5.74) is 0.323. The van der Waals surface area contributed by atoms with Crippen molar-refractivity contribution in [3.05, 3.63) is 97.2 Å². The maximum absolute atomic E-state index is 13.6. The monoisotopic (exact) mass is 604 g/mol. The summed E-state index contributed by atoms with van der Waals surface area (Å²) in [5.74, 6) is -0.473. The first-order chi connectivity index (χ1) is 19.2. The summed E-state index contributed by atoms with van der Waals surface area (Å²) < 4.78 is 18.5. The topological polar surface area (TPSA) is 139 Å². The minimum atomic E-state index is -0.690. The van der Waals surface area contributed by atoms with Crippen LogP contribution in [0.15, 0.2) is 85.5 Å². The molecule has 0 unspecified atom stereocenters. The summed E-state index contributed by atoms with van der Waals surface area (Å²) in [6.45, 7) is 2.80. The molecule has 11 nitrogen and oxygen atoms in total. The third-order valence-corrected chi connectivity index (χ3v) is 6.18. The summed E-state index contributed by atoms with van der Waals surface area (Å²) in [6, 6.07) is 18.2. The smallest absolute Gasteiger partial charge is 0.344 e. The highest BCUT2D eigenvalue weighted by atomic mass is 79.9. The van der Waals surface area contributed by atoms with E-state index in [0.717, 1.165) is 14.5 Å². The molecule has 2 aromatic heterocycles. The van der Waals surface area contributed by atoms with E-state index in [1.807, 2.05) is 12.1 Å². The van der Waals surface area contributed by atoms with E-state index in [2.05, 4.69) is 26.0 Å². The molecule has 0 saturated carbocycles. The first kappa shape index (κ1) is 26.8. The molecule has 0 saturated heterocycles. The SMILES string of the molecule is CC(C)OC(=O)COc1c(C=Nn2c(-c3cc4cc(Br)ccc4o3)nc3ccccc3c2=O)cccc1[N+](=O)[O-]. The number of fused-ring (bicyclic) bond motifs is 2. The van der Waals surface area contributed by atoms with Gasteiger partial charge in [0.1, 0.15) is 5.58 Å². The maximum Gasteiger partial charge on any atom is 0.344 e. The van der Waals surface area contributed by atoms with Gasteiger partial charge in [0, 0.05) is 21.5 Å². The molecule has 0 aliphatic carbocycles. The van der Waals surface area contributed by atoms with Crippen molar-refractivity contribution in [3.8, 4) is 17.3 Å². The van der Waals surface area contributed by atoms with Crippen LogP contribution >= 0.6 is 15.9 Å². The molecule has 0 aliphatic rings. The van der Waals surface area contributed by atoms with Crippen molar-refractivity contribution in [3.63, 3.8) is 0 Å². The molecule has 2 heterocycles. The van der Waals surface area contributed by atoms with E-state index in [9.17, 15) is 19.7 Å². The Bertz CT molecular complexity index is 1860. The fourth-order valence-electron chi connectivity index (χ4n) is 4.01. The van der Waals surface area contributed by atoms with Gasteiger partial charge in [-0.2, -0.15) is 9.78 Å². The Morgan fingerprint density at radius 3 is 2.75 bits per heavy atom. The van der Waals surface area contributed by atoms with Gasteiger partial charge < -0.3 is 13.9 Å². The van der Waals surface area contributed by atoms with Gasteiger partial charge in [-0.15, -0.1) is 0 Å². The molecule has 5 rings (SSSR count). The van der Waals surface area contributed by atoms with E-state index in [1.165, 1.54) is 24.4 Å². The van der Waals surface area contributed by atoms with Crippen molar-refractivity contribution in [2.75, 3.05) is 6.61 Å². The second-order valence-electron chi connectivity index (χ2n) is 8.89. The van der Waals surface area contributed by atoms with Crippen molar-refractivity contribution in [2.45, 2.75) is 20.0 Å². The number of rotatable bonds is 8. The number of nitro groups is 1. The van der Waals surface area contributed by atoms with Gasteiger partial charge in [0.2, 0.25) is 11.6 Å². The summed E-state index contributed by atoms with van der Waals surface area (Å²) in [6.07, 6.45) is 0.851. The number of benzene rings is 3. The van der Waals surface area contributed by atoms with Crippen molar-refractivity contribution in [1.29, 1.82) is 0 Å². The van der Waals surface area contributed by atoms with Crippen molar-refractivity contribution < 1.29 is 23.6 Å². The summed E-state index contributed by atoms with van der Waals surface area (Å²) in [7, 11) is 0. The number of halogens is 1. The van der Waals surface area contributed by atoms with Crippen LogP contribution in [0.1, 0.15) is 19.4 Å². The number of ether oxygens (including phenoxy) is 2. The lowest BCUT2D eigenvalue weighted by Gasteiger charge is -2.11. The van der Waals surface area contributed by atoms with E-state index >= 15 is 0 Å². The Morgan fingerprint density at radius 1 is 1.18 bits per heavy atom. The minimum absolute atomic E-state index is 0.126. The van der Waals surface area contributed by atoms with Gasteiger partial charge in [0.15, 0.2) is 12.4 Å². The fourth-order valence-corrected chi connectivity index (χ4v) is 4.39. The van der Waals surface area contributed by atoms with Gasteiger partial charge in [-0.05, 0) is 56.3 Å². The second-order valence-corrected chi connectivity index (χ2v) is 9.80. The Hall–Kier alpha value is -4.84. The molecule has 5 aromatic rings. The van der Waals surface area contributed by atoms with Gasteiger partial charge in [-0.1, -0.05) is 34.1 Å². The van der Waals surface area contributed by atoms with Crippen LogP contribution in [-0.2, 0) is 9.53 Å². The number of esters is 1. The van der Waals surface area contributed by atoms with Crippen LogP contribution in [0.3, 0.4) is 0 Å². The first-order valence-electron chi connectivity index (χ1n) is 12.1. The minimum Gasteiger partial charge on any atom is -0.474 e. The summed E-state index contributed by atoms with van der Waals surface area (Å²) in [4.78, 5) is 41.3. The Balaban J connectivity index is 1.63. The molecule has 40 heavy (non-hydrogen) atoms. The van der Waals surface area contributed by atoms with E-state index in [0.29, 0.717) is 22.2 Å². The molecular weight excluding hydrogens is 584 g/mol. The number of nitro benzene ring substituents is 1. The number of carbonyl (C=O) groups is 1. The Labute approximate surface area is 234 Å². The quantitative estimate of drug-likeness (QED) is 0.0951. The maximum atomic E-state index is 13.6. The Kier molecular flexibility index (Phi) is 7.43. The predicted octanol–water partition coefficient (Wildman–Crippen LogP) is 5.69. The van der Waals surface area contributed by atoms with Gasteiger partial charge in [0.25, 0.3) is 5.56 Å². The third-order valence-electron chi connectivity index (χ3n) is 5.69. The lowest BCUT2D eigenvalue weighted by molar-refractivity contribution is -0.385. The van der Waals surface area contributed by atoms with Crippen molar-refractivity contribution >= 4 is 55.7 Å². The normalized spacial score (nSPS) is 11.5. The molecule has 0 amide bonds. The molecule has 0 N–H and O–H groups in total. The average Bonchev–Trinajstić information content (AvgIpc) is 3.34. The number of furan rings is 1. The molecule has 0 spiro atoms. The zero-order valence-corrected chi connectivity index (χ0v) is 22.8. The largest absolute Gasteiger partial charge is 0.474 e.